The number of furan rings is 1. The average Bonchev–Trinajstić information content (AvgIpc) is 2.79. The van der Waals surface area contributed by atoms with Crippen LogP contribution in [0.15, 0.2) is 40.8 Å². The number of hydrogen-bond donors (Lipinski definition) is 1. The molecule has 0 aliphatic rings. The second-order valence-corrected chi connectivity index (χ2v) is 3.96. The molecule has 0 aliphatic heterocycles. The molecule has 1 N–H and O–H groups in total. The number of nitrogens with one attached hydrogen (secondary N) is 1. The van der Waals surface area contributed by atoms with E-state index in [2.05, 4.69) is 5.32 Å². The molecule has 1 aromatic carbocycles. The van der Waals surface area contributed by atoms with Gasteiger partial charge in [0.15, 0.2) is 0 Å². The van der Waals surface area contributed by atoms with Gasteiger partial charge in [0.05, 0.1) is 11.6 Å². The van der Waals surface area contributed by atoms with E-state index < -0.39 is 0 Å². The third kappa shape index (κ3) is 2.56. The Morgan fingerprint density at radius 3 is 2.71 bits per heavy atom. The van der Waals surface area contributed by atoms with Crippen LogP contribution in [0.3, 0.4) is 0 Å². The Labute approximate surface area is 100 Å². The number of hydrogen-bond acceptors (Lipinski definition) is 2. The van der Waals surface area contributed by atoms with Crippen molar-refractivity contribution in [3.05, 3.63) is 48.0 Å². The smallest absolute Gasteiger partial charge is 0.137 e. The van der Waals surface area contributed by atoms with Crippen molar-refractivity contribution in [2.45, 2.75) is 19.9 Å². The molecule has 17 heavy (non-hydrogen) atoms. The summed E-state index contributed by atoms with van der Waals surface area (Å²) in [6.45, 7) is 4.93. The van der Waals surface area contributed by atoms with E-state index in [0.29, 0.717) is 11.3 Å². The highest BCUT2D eigenvalue weighted by atomic mass is 19.1. The summed E-state index contributed by atoms with van der Waals surface area (Å²) in [5, 5.41) is 3.25. The first-order valence-corrected chi connectivity index (χ1v) is 5.80. The van der Waals surface area contributed by atoms with Crippen molar-refractivity contribution < 1.29 is 8.81 Å². The van der Waals surface area contributed by atoms with E-state index in [1.807, 2.05) is 26.0 Å². The normalized spacial score (nSPS) is 12.6. The van der Waals surface area contributed by atoms with Crippen molar-refractivity contribution in [1.29, 1.82) is 0 Å². The van der Waals surface area contributed by atoms with Crippen LogP contribution in [0, 0.1) is 5.82 Å². The first-order valence-electron chi connectivity index (χ1n) is 5.80. The van der Waals surface area contributed by atoms with Crippen molar-refractivity contribution in [3.63, 3.8) is 0 Å². The van der Waals surface area contributed by atoms with E-state index in [9.17, 15) is 4.39 Å². The molecule has 1 aromatic heterocycles. The molecular formula is C14H16FNO. The fourth-order valence-electron chi connectivity index (χ4n) is 1.80. The molecular weight excluding hydrogens is 217 g/mol. The van der Waals surface area contributed by atoms with Gasteiger partial charge in [0.25, 0.3) is 0 Å². The minimum atomic E-state index is -0.260. The van der Waals surface area contributed by atoms with E-state index in [1.54, 1.807) is 18.2 Å². The van der Waals surface area contributed by atoms with Crippen LogP contribution in [0.2, 0.25) is 0 Å². The Balaban J connectivity index is 2.27. The predicted molar refractivity (Wildman–Crippen MR) is 66.2 cm³/mol. The quantitative estimate of drug-likeness (QED) is 0.869. The second-order valence-electron chi connectivity index (χ2n) is 3.96. The lowest BCUT2D eigenvalue weighted by atomic mass is 10.1. The first-order chi connectivity index (χ1) is 8.22. The van der Waals surface area contributed by atoms with Gasteiger partial charge < -0.3 is 9.73 Å². The van der Waals surface area contributed by atoms with Gasteiger partial charge in [0.2, 0.25) is 0 Å². The van der Waals surface area contributed by atoms with Gasteiger partial charge in [0.1, 0.15) is 17.3 Å². The summed E-state index contributed by atoms with van der Waals surface area (Å²) < 4.78 is 19.2. The molecule has 3 heteroatoms. The molecule has 1 heterocycles. The number of halogens is 1. The van der Waals surface area contributed by atoms with E-state index in [-0.39, 0.29) is 11.9 Å². The van der Waals surface area contributed by atoms with Crippen LogP contribution in [0.1, 0.15) is 25.6 Å². The highest BCUT2D eigenvalue weighted by Crippen LogP contribution is 2.27. The van der Waals surface area contributed by atoms with Crippen molar-refractivity contribution in [1.82, 2.24) is 5.32 Å². The van der Waals surface area contributed by atoms with E-state index in [1.165, 1.54) is 6.07 Å². The maximum Gasteiger partial charge on any atom is 0.137 e. The monoisotopic (exact) mass is 233 g/mol. The fraction of sp³-hybridized carbons (Fsp3) is 0.286. The van der Waals surface area contributed by atoms with Crippen LogP contribution < -0.4 is 5.32 Å². The largest absolute Gasteiger partial charge is 0.459 e. The minimum absolute atomic E-state index is 0.139. The molecule has 2 aromatic rings. The van der Waals surface area contributed by atoms with Gasteiger partial charge >= 0.3 is 0 Å². The standard InChI is InChI=1S/C14H16FNO/c1-3-16-10(2)13-8-9-14(17-13)11-6-4-5-7-12(11)15/h4-10,16H,3H2,1-2H3. The van der Waals surface area contributed by atoms with Crippen molar-refractivity contribution in [2.24, 2.45) is 0 Å². The lowest BCUT2D eigenvalue weighted by Gasteiger charge is -2.08. The average molecular weight is 233 g/mol. The molecule has 0 aliphatic carbocycles. The molecule has 0 fully saturated rings. The molecule has 1 atom stereocenters. The Kier molecular flexibility index (Phi) is 3.59. The van der Waals surface area contributed by atoms with Crippen molar-refractivity contribution in [2.75, 3.05) is 6.54 Å². The highest BCUT2D eigenvalue weighted by molar-refractivity contribution is 5.58. The zero-order chi connectivity index (χ0) is 12.3. The Hall–Kier alpha value is -1.61. The summed E-state index contributed by atoms with van der Waals surface area (Å²) in [5.41, 5.74) is 0.502. The summed E-state index contributed by atoms with van der Waals surface area (Å²) in [6.07, 6.45) is 0. The number of benzene rings is 1. The van der Waals surface area contributed by atoms with Crippen molar-refractivity contribution in [3.8, 4) is 11.3 Å². The lowest BCUT2D eigenvalue weighted by molar-refractivity contribution is 0.443. The van der Waals surface area contributed by atoms with Crippen LogP contribution in [-0.2, 0) is 0 Å². The van der Waals surface area contributed by atoms with Crippen LogP contribution in [0.5, 0.6) is 0 Å². The zero-order valence-electron chi connectivity index (χ0n) is 10.0. The van der Waals surface area contributed by atoms with Gasteiger partial charge in [0, 0.05) is 0 Å². The van der Waals surface area contributed by atoms with Crippen LogP contribution in [-0.4, -0.2) is 6.54 Å². The van der Waals surface area contributed by atoms with Crippen LogP contribution >= 0.6 is 0 Å². The predicted octanol–water partition coefficient (Wildman–Crippen LogP) is 3.76. The topological polar surface area (TPSA) is 25.2 Å². The summed E-state index contributed by atoms with van der Waals surface area (Å²) in [5.74, 6) is 1.14. The van der Waals surface area contributed by atoms with Crippen LogP contribution in [0.4, 0.5) is 4.39 Å². The Bertz CT molecular complexity index is 492. The third-order valence-electron chi connectivity index (χ3n) is 2.70. The molecule has 0 radical (unpaired) electrons. The lowest BCUT2D eigenvalue weighted by Crippen LogP contribution is -2.16. The molecule has 2 nitrogen and oxygen atoms in total. The molecule has 0 saturated carbocycles. The second kappa shape index (κ2) is 5.15. The van der Waals surface area contributed by atoms with Gasteiger partial charge in [-0.05, 0) is 37.7 Å². The van der Waals surface area contributed by atoms with Crippen molar-refractivity contribution >= 4 is 0 Å². The fourth-order valence-corrected chi connectivity index (χ4v) is 1.80. The SMILES string of the molecule is CCNC(C)c1ccc(-c2ccccc2F)o1. The maximum absolute atomic E-state index is 13.6. The van der Waals surface area contributed by atoms with Gasteiger partial charge in [-0.15, -0.1) is 0 Å². The van der Waals surface area contributed by atoms with Gasteiger partial charge in [-0.2, -0.15) is 0 Å². The van der Waals surface area contributed by atoms with Crippen LogP contribution in [0.25, 0.3) is 11.3 Å². The molecule has 0 spiro atoms. The molecule has 90 valence electrons. The zero-order valence-corrected chi connectivity index (χ0v) is 10.0. The van der Waals surface area contributed by atoms with E-state index in [0.717, 1.165) is 12.3 Å². The summed E-state index contributed by atoms with van der Waals surface area (Å²) in [6, 6.07) is 10.5. The Morgan fingerprint density at radius 2 is 2.00 bits per heavy atom. The summed E-state index contributed by atoms with van der Waals surface area (Å²) >= 11 is 0. The van der Waals surface area contributed by atoms with Gasteiger partial charge in [-0.3, -0.25) is 0 Å². The number of rotatable bonds is 4. The molecule has 2 rings (SSSR count). The van der Waals surface area contributed by atoms with Gasteiger partial charge in [-0.1, -0.05) is 19.1 Å². The maximum atomic E-state index is 13.6. The summed E-state index contributed by atoms with van der Waals surface area (Å²) in [7, 11) is 0. The Morgan fingerprint density at radius 1 is 1.24 bits per heavy atom. The first kappa shape index (κ1) is 11.9. The minimum Gasteiger partial charge on any atom is -0.459 e. The summed E-state index contributed by atoms with van der Waals surface area (Å²) in [4.78, 5) is 0. The van der Waals surface area contributed by atoms with E-state index >= 15 is 0 Å². The van der Waals surface area contributed by atoms with E-state index in [4.69, 9.17) is 4.42 Å². The molecule has 0 saturated heterocycles. The third-order valence-corrected chi connectivity index (χ3v) is 2.70. The molecule has 1 unspecified atom stereocenters. The molecule has 0 bridgehead atoms. The highest BCUT2D eigenvalue weighted by Gasteiger charge is 2.12. The van der Waals surface area contributed by atoms with Gasteiger partial charge in [-0.25, -0.2) is 4.39 Å². The molecule has 0 amide bonds.